The number of primary amides is 1. The number of anilines is 3. The van der Waals surface area contributed by atoms with Crippen LogP contribution in [0.3, 0.4) is 0 Å². The van der Waals surface area contributed by atoms with E-state index in [2.05, 4.69) is 20.5 Å². The summed E-state index contributed by atoms with van der Waals surface area (Å²) in [5, 5.41) is 14.8. The molecule has 0 atom stereocenters. The highest BCUT2D eigenvalue weighted by molar-refractivity contribution is 6.08. The molecule has 1 aromatic heterocycles. The summed E-state index contributed by atoms with van der Waals surface area (Å²) in [6, 6.07) is 15.5. The number of hydrogen-bond acceptors (Lipinski definition) is 8. The molecule has 1 aliphatic heterocycles. The van der Waals surface area contributed by atoms with Gasteiger partial charge in [-0.1, -0.05) is 18.2 Å². The van der Waals surface area contributed by atoms with Crippen LogP contribution >= 0.6 is 0 Å². The zero-order valence-electron chi connectivity index (χ0n) is 22.2. The molecule has 12 heteroatoms. The third-order valence-corrected chi connectivity index (χ3v) is 6.51. The van der Waals surface area contributed by atoms with Crippen LogP contribution in [0, 0.1) is 0 Å². The largest absolute Gasteiger partial charge is 0.465 e. The van der Waals surface area contributed by atoms with Crippen LogP contribution in [0.15, 0.2) is 54.7 Å². The van der Waals surface area contributed by atoms with E-state index < -0.39 is 12.0 Å². The summed E-state index contributed by atoms with van der Waals surface area (Å²) >= 11 is 0. The maximum Gasteiger partial charge on any atom is 0.404 e. The molecule has 1 saturated heterocycles. The lowest BCUT2D eigenvalue weighted by Gasteiger charge is -2.36. The lowest BCUT2D eigenvalue weighted by molar-refractivity contribution is -0.132. The van der Waals surface area contributed by atoms with Crippen LogP contribution in [-0.2, 0) is 14.3 Å². The summed E-state index contributed by atoms with van der Waals surface area (Å²) in [6.07, 6.45) is 0.696. The predicted molar refractivity (Wildman–Crippen MR) is 151 cm³/mol. The van der Waals surface area contributed by atoms with Crippen LogP contribution in [-0.4, -0.2) is 92.0 Å². The number of nitrogens with zero attached hydrogens (tertiary/aromatic N) is 3. The van der Waals surface area contributed by atoms with Crippen LogP contribution in [0.25, 0.3) is 10.9 Å². The van der Waals surface area contributed by atoms with Crippen molar-refractivity contribution in [2.24, 2.45) is 5.73 Å². The van der Waals surface area contributed by atoms with Gasteiger partial charge < -0.3 is 40.7 Å². The van der Waals surface area contributed by atoms with Crippen molar-refractivity contribution in [1.29, 1.82) is 0 Å². The Kier molecular flexibility index (Phi) is 10.1. The van der Waals surface area contributed by atoms with Crippen LogP contribution < -0.4 is 21.3 Å². The first-order chi connectivity index (χ1) is 19.4. The first-order valence-electron chi connectivity index (χ1n) is 13.1. The van der Waals surface area contributed by atoms with Crippen molar-refractivity contribution in [1.82, 2.24) is 15.2 Å². The van der Waals surface area contributed by atoms with Crippen molar-refractivity contribution >= 4 is 45.9 Å². The number of pyridine rings is 1. The van der Waals surface area contributed by atoms with Crippen molar-refractivity contribution in [2.45, 2.75) is 6.42 Å². The normalized spacial score (nSPS) is 13.3. The summed E-state index contributed by atoms with van der Waals surface area (Å²) in [5.74, 6) is -0.524. The van der Waals surface area contributed by atoms with Crippen molar-refractivity contribution in [3.8, 4) is 0 Å². The second kappa shape index (κ2) is 14.1. The highest BCUT2D eigenvalue weighted by Crippen LogP contribution is 2.32. The average molecular weight is 551 g/mol. The van der Waals surface area contributed by atoms with Crippen molar-refractivity contribution in [3.63, 3.8) is 0 Å². The third kappa shape index (κ3) is 7.80. The SMILES string of the molecule is NC(=O)c1cnc2ccc(N3CCN(C(=O)CCOCCOCCNC(=O)O)CC3)cc2c1Nc1ccccc1. The first kappa shape index (κ1) is 28.6. The summed E-state index contributed by atoms with van der Waals surface area (Å²) in [6.45, 7) is 3.97. The highest BCUT2D eigenvalue weighted by atomic mass is 16.5. The number of nitrogens with two attached hydrogens (primary N) is 1. The van der Waals surface area contributed by atoms with Gasteiger partial charge in [-0.2, -0.15) is 0 Å². The van der Waals surface area contributed by atoms with Gasteiger partial charge in [-0.25, -0.2) is 4.79 Å². The van der Waals surface area contributed by atoms with E-state index in [4.69, 9.17) is 20.3 Å². The summed E-state index contributed by atoms with van der Waals surface area (Å²) in [5.41, 5.74) is 9.14. The maximum atomic E-state index is 12.6. The zero-order chi connectivity index (χ0) is 28.3. The smallest absolute Gasteiger partial charge is 0.404 e. The van der Waals surface area contributed by atoms with Gasteiger partial charge in [-0.05, 0) is 30.3 Å². The molecule has 4 rings (SSSR count). The number of para-hydroxylation sites is 1. The molecule has 3 amide bonds. The number of carbonyl (C=O) groups is 3. The van der Waals surface area contributed by atoms with E-state index in [-0.39, 0.29) is 25.5 Å². The van der Waals surface area contributed by atoms with Gasteiger partial charge in [0.1, 0.15) is 0 Å². The summed E-state index contributed by atoms with van der Waals surface area (Å²) in [7, 11) is 0. The van der Waals surface area contributed by atoms with E-state index in [0.717, 1.165) is 22.3 Å². The molecule has 40 heavy (non-hydrogen) atoms. The van der Waals surface area contributed by atoms with Gasteiger partial charge in [-0.3, -0.25) is 14.6 Å². The van der Waals surface area contributed by atoms with E-state index in [9.17, 15) is 14.4 Å². The van der Waals surface area contributed by atoms with E-state index in [1.807, 2.05) is 53.4 Å². The Labute approximate surface area is 232 Å². The van der Waals surface area contributed by atoms with Crippen LogP contribution in [0.5, 0.6) is 0 Å². The summed E-state index contributed by atoms with van der Waals surface area (Å²) in [4.78, 5) is 43.7. The Bertz CT molecular complexity index is 1310. The number of carboxylic acid groups (broad SMARTS) is 1. The molecule has 3 aromatic rings. The van der Waals surface area contributed by atoms with Gasteiger partial charge in [0.15, 0.2) is 0 Å². The minimum atomic E-state index is -1.09. The molecule has 0 spiro atoms. The van der Waals surface area contributed by atoms with Gasteiger partial charge >= 0.3 is 6.09 Å². The van der Waals surface area contributed by atoms with Crippen molar-refractivity contribution < 1.29 is 29.0 Å². The summed E-state index contributed by atoms with van der Waals surface area (Å²) < 4.78 is 10.7. The Hall–Kier alpha value is -4.42. The van der Waals surface area contributed by atoms with Crippen LogP contribution in [0.1, 0.15) is 16.8 Å². The highest BCUT2D eigenvalue weighted by Gasteiger charge is 2.22. The van der Waals surface area contributed by atoms with Gasteiger partial charge in [-0.15, -0.1) is 0 Å². The van der Waals surface area contributed by atoms with Crippen molar-refractivity contribution in [3.05, 3.63) is 60.3 Å². The quantitative estimate of drug-likeness (QED) is 0.234. The van der Waals surface area contributed by atoms with E-state index in [1.54, 1.807) is 0 Å². The number of hydrogen-bond donors (Lipinski definition) is 4. The molecule has 12 nitrogen and oxygen atoms in total. The Morgan fingerprint density at radius 2 is 1.68 bits per heavy atom. The monoisotopic (exact) mass is 550 g/mol. The second-order valence-corrected chi connectivity index (χ2v) is 9.18. The number of aromatic nitrogens is 1. The lowest BCUT2D eigenvalue weighted by atomic mass is 10.1. The average Bonchev–Trinajstić information content (AvgIpc) is 2.96. The number of nitrogens with one attached hydrogen (secondary N) is 2. The molecule has 0 saturated carbocycles. The lowest BCUT2D eigenvalue weighted by Crippen LogP contribution is -2.49. The molecule has 5 N–H and O–H groups in total. The fraction of sp³-hybridized carbons (Fsp3) is 0.357. The molecular weight excluding hydrogens is 516 g/mol. The Morgan fingerprint density at radius 3 is 2.38 bits per heavy atom. The molecule has 1 fully saturated rings. The van der Waals surface area contributed by atoms with Gasteiger partial charge in [0.2, 0.25) is 5.91 Å². The number of rotatable bonds is 13. The van der Waals surface area contributed by atoms with Crippen LogP contribution in [0.2, 0.25) is 0 Å². The molecule has 2 heterocycles. The molecular formula is C28H34N6O6. The number of fused-ring (bicyclic) bond motifs is 1. The number of carbonyl (C=O) groups excluding carboxylic acids is 2. The number of benzene rings is 2. The van der Waals surface area contributed by atoms with Crippen LogP contribution in [0.4, 0.5) is 21.9 Å². The Morgan fingerprint density at radius 1 is 0.950 bits per heavy atom. The Balaban J connectivity index is 1.30. The topological polar surface area (TPSA) is 159 Å². The number of piperazine rings is 1. The van der Waals surface area contributed by atoms with Gasteiger partial charge in [0.25, 0.3) is 5.91 Å². The molecule has 1 aliphatic rings. The third-order valence-electron chi connectivity index (χ3n) is 6.51. The molecule has 0 aliphatic carbocycles. The van der Waals surface area contributed by atoms with Crippen molar-refractivity contribution in [2.75, 3.05) is 69.4 Å². The van der Waals surface area contributed by atoms with E-state index in [1.165, 1.54) is 6.20 Å². The minimum absolute atomic E-state index is 0.0365. The molecule has 212 valence electrons. The van der Waals surface area contributed by atoms with Gasteiger partial charge in [0, 0.05) is 55.7 Å². The molecule has 0 radical (unpaired) electrons. The van der Waals surface area contributed by atoms with E-state index in [0.29, 0.717) is 57.3 Å². The number of amides is 3. The molecule has 2 aromatic carbocycles. The standard InChI is InChI=1S/C28H34N6O6/c29-27(36)23-19-31-24-7-6-21(18-22(24)26(23)32-20-4-2-1-3-5-20)33-10-12-34(13-11-33)25(35)8-14-39-16-17-40-15-9-30-28(37)38/h1-7,18-19,30H,8-17H2,(H2,29,36)(H,31,32)(H,37,38). The zero-order valence-corrected chi connectivity index (χ0v) is 22.2. The fourth-order valence-corrected chi connectivity index (χ4v) is 4.45. The molecule has 0 bridgehead atoms. The fourth-order valence-electron chi connectivity index (χ4n) is 4.45. The minimum Gasteiger partial charge on any atom is -0.465 e. The maximum absolute atomic E-state index is 12.6. The first-order valence-corrected chi connectivity index (χ1v) is 13.1. The molecule has 0 unspecified atom stereocenters. The van der Waals surface area contributed by atoms with E-state index >= 15 is 0 Å². The van der Waals surface area contributed by atoms with Gasteiger partial charge in [0.05, 0.1) is 49.6 Å². The predicted octanol–water partition coefficient (Wildman–Crippen LogP) is 2.42. The second-order valence-electron chi connectivity index (χ2n) is 9.18. The number of ether oxygens (including phenoxy) is 2.